The van der Waals surface area contributed by atoms with Gasteiger partial charge in [0.2, 0.25) is 12.3 Å². The van der Waals surface area contributed by atoms with Crippen LogP contribution in [0.3, 0.4) is 0 Å². The van der Waals surface area contributed by atoms with E-state index in [2.05, 4.69) is 29.4 Å². The van der Waals surface area contributed by atoms with Gasteiger partial charge in [0, 0.05) is 51.0 Å². The number of aldehydes is 1. The minimum absolute atomic E-state index is 0.0494. The molecule has 0 spiro atoms. The molecule has 2 aromatic carbocycles. The largest absolute Gasteiger partial charge is 0.395 e. The summed E-state index contributed by atoms with van der Waals surface area (Å²) in [5.74, 6) is -0.259. The molecule has 224 valence electrons. The minimum atomic E-state index is -0.918. The van der Waals surface area contributed by atoms with E-state index in [4.69, 9.17) is 0 Å². The highest BCUT2D eigenvalue weighted by Gasteiger charge is 2.48. The van der Waals surface area contributed by atoms with Crippen LogP contribution >= 0.6 is 0 Å². The van der Waals surface area contributed by atoms with Crippen molar-refractivity contribution in [3.63, 3.8) is 0 Å². The molecule has 0 aliphatic heterocycles. The van der Waals surface area contributed by atoms with Gasteiger partial charge in [-0.1, -0.05) is 43.3 Å². The topological polar surface area (TPSA) is 102 Å². The number of benzene rings is 2. The highest BCUT2D eigenvalue weighted by Crippen LogP contribution is 2.45. The van der Waals surface area contributed by atoms with Crippen LogP contribution in [-0.2, 0) is 34.0 Å². The van der Waals surface area contributed by atoms with Gasteiger partial charge >= 0.3 is 0 Å². The molecule has 1 unspecified atom stereocenters. The molecule has 0 bridgehead atoms. The van der Waals surface area contributed by atoms with Gasteiger partial charge in [-0.3, -0.25) is 14.5 Å². The quantitative estimate of drug-likeness (QED) is 0.169. The van der Waals surface area contributed by atoms with E-state index in [1.54, 1.807) is 21.8 Å². The smallest absolute Gasteiger partial charge is 0.241 e. The lowest BCUT2D eigenvalue weighted by atomic mass is 9.28. The van der Waals surface area contributed by atoms with Crippen molar-refractivity contribution in [2.24, 2.45) is 5.92 Å². The van der Waals surface area contributed by atoms with E-state index in [1.807, 2.05) is 46.9 Å². The lowest BCUT2D eigenvalue weighted by Crippen LogP contribution is -2.57. The number of aryl methyl sites for hydroxylation is 1. The number of nitrogens with zero attached hydrogens (tertiary/aromatic N) is 2. The zero-order valence-electron chi connectivity index (χ0n) is 26.5. The Balaban J connectivity index is 2.32. The maximum Gasteiger partial charge on any atom is 0.241 e. The lowest BCUT2D eigenvalue weighted by Gasteiger charge is -2.47. The van der Waals surface area contributed by atoms with Gasteiger partial charge in [0.1, 0.15) is 49.5 Å². The van der Waals surface area contributed by atoms with E-state index in [0.29, 0.717) is 31.0 Å². The summed E-state index contributed by atoms with van der Waals surface area (Å²) in [6, 6.07) is 9.96. The molecular weight excluding hydrogens is 531 g/mol. The molecule has 0 fully saturated rings. The summed E-state index contributed by atoms with van der Waals surface area (Å²) in [6.07, 6.45) is 1.47. The number of hydrogen-bond donors (Lipinski definition) is 3. The van der Waals surface area contributed by atoms with E-state index in [-0.39, 0.29) is 31.4 Å². The fourth-order valence-electron chi connectivity index (χ4n) is 5.16. The number of aliphatic hydroxyl groups is 1. The van der Waals surface area contributed by atoms with Crippen molar-refractivity contribution < 1.29 is 23.9 Å². The van der Waals surface area contributed by atoms with Crippen molar-refractivity contribution in [2.75, 3.05) is 32.1 Å². The molecule has 0 radical (unpaired) electrons. The SMILES string of the molecule is BC(B)(C=O)C(B)(B)C(C(=O)NC)N(C=O)Cc1c(C)cccc1NCc1ccc(CN(CCO)CC(C)C)cc1F. The molecule has 13 heteroatoms. The Bertz CT molecular complexity index is 1230. The van der Waals surface area contributed by atoms with E-state index in [1.165, 1.54) is 18.0 Å². The van der Waals surface area contributed by atoms with Crippen molar-refractivity contribution in [1.82, 2.24) is 15.1 Å². The van der Waals surface area contributed by atoms with E-state index >= 15 is 4.39 Å². The fourth-order valence-corrected chi connectivity index (χ4v) is 5.16. The van der Waals surface area contributed by atoms with Crippen molar-refractivity contribution in [2.45, 2.75) is 56.9 Å². The zero-order valence-corrected chi connectivity index (χ0v) is 26.5. The fraction of sp³-hybridized carbons (Fsp3) is 0.483. The maximum atomic E-state index is 15.2. The van der Waals surface area contributed by atoms with Crippen LogP contribution in [0, 0.1) is 18.7 Å². The molecule has 1 atom stereocenters. The van der Waals surface area contributed by atoms with Gasteiger partial charge in [0.25, 0.3) is 0 Å². The number of likely N-dealkylation sites (N-methyl/N-ethyl adjacent to an activating group) is 1. The number of anilines is 1. The van der Waals surface area contributed by atoms with Gasteiger partial charge in [-0.25, -0.2) is 4.39 Å². The summed E-state index contributed by atoms with van der Waals surface area (Å²) in [5.41, 5.74) is 3.75. The Morgan fingerprint density at radius 1 is 1.12 bits per heavy atom. The molecule has 2 rings (SSSR count). The molecule has 2 amide bonds. The first-order valence-electron chi connectivity index (χ1n) is 14.5. The van der Waals surface area contributed by atoms with Crippen LogP contribution in [0.25, 0.3) is 0 Å². The molecule has 0 saturated carbocycles. The number of carbonyl (C=O) groups is 3. The predicted octanol–water partition coefficient (Wildman–Crippen LogP) is -0.767. The second kappa shape index (κ2) is 15.4. The number of rotatable bonds is 17. The van der Waals surface area contributed by atoms with E-state index < -0.39 is 16.5 Å². The first-order chi connectivity index (χ1) is 19.7. The predicted molar refractivity (Wildman–Crippen MR) is 177 cm³/mol. The molecule has 0 aromatic heterocycles. The lowest BCUT2D eigenvalue weighted by molar-refractivity contribution is -0.134. The molecule has 3 N–H and O–H groups in total. The Labute approximate surface area is 253 Å². The molecular formula is C29H45B4FN4O4. The van der Waals surface area contributed by atoms with Crippen molar-refractivity contribution >= 4 is 55.7 Å². The summed E-state index contributed by atoms with van der Waals surface area (Å²) in [6.45, 7) is 8.42. The van der Waals surface area contributed by atoms with Gasteiger partial charge < -0.3 is 25.4 Å². The summed E-state index contributed by atoms with van der Waals surface area (Å²) in [7, 11) is 8.65. The van der Waals surface area contributed by atoms with Crippen LogP contribution in [0.1, 0.15) is 36.1 Å². The average molecular weight is 576 g/mol. The number of amides is 2. The van der Waals surface area contributed by atoms with Crippen LogP contribution in [0.5, 0.6) is 0 Å². The third-order valence-electron chi connectivity index (χ3n) is 8.38. The van der Waals surface area contributed by atoms with Gasteiger partial charge in [-0.2, -0.15) is 0 Å². The molecule has 0 saturated heterocycles. The van der Waals surface area contributed by atoms with Gasteiger partial charge in [-0.05, 0) is 46.9 Å². The second-order valence-corrected chi connectivity index (χ2v) is 12.6. The number of aliphatic hydroxyl groups excluding tert-OH is 1. The Morgan fingerprint density at radius 3 is 2.36 bits per heavy atom. The minimum Gasteiger partial charge on any atom is -0.395 e. The first-order valence-corrected chi connectivity index (χ1v) is 14.5. The molecule has 0 heterocycles. The standard InChI is InChI=1S/C29H45B4FN4O4/c1-19(2)14-37(10-11-39)15-21-8-9-22(24(34)12-21)13-36-25-7-5-6-20(3)23(25)16-38(18-41)26(27(42)35-4)29(32,33)28(30,31)17-40/h5-9,12,17-19,26,36,39H,10-11,13-16,30-33H2,1-4H3,(H,35,42). The number of hydrogen-bond acceptors (Lipinski definition) is 6. The zero-order chi connectivity index (χ0) is 31.7. The highest BCUT2D eigenvalue weighted by atomic mass is 19.1. The monoisotopic (exact) mass is 576 g/mol. The number of carbonyl (C=O) groups excluding carboxylic acids is 3. The van der Waals surface area contributed by atoms with Crippen LogP contribution in [0.4, 0.5) is 10.1 Å². The summed E-state index contributed by atoms with van der Waals surface area (Å²) < 4.78 is 15.2. The Kier molecular flexibility index (Phi) is 12.9. The molecule has 0 aliphatic rings. The van der Waals surface area contributed by atoms with Crippen LogP contribution in [-0.4, -0.2) is 97.7 Å². The van der Waals surface area contributed by atoms with Crippen LogP contribution < -0.4 is 10.6 Å². The highest BCUT2D eigenvalue weighted by molar-refractivity contribution is 6.60. The average Bonchev–Trinajstić information content (AvgIpc) is 2.92. The van der Waals surface area contributed by atoms with Gasteiger partial charge in [-0.15, -0.1) is 0 Å². The van der Waals surface area contributed by atoms with Crippen molar-refractivity contribution in [1.29, 1.82) is 0 Å². The molecule has 0 aliphatic carbocycles. The van der Waals surface area contributed by atoms with Crippen molar-refractivity contribution in [3.05, 3.63) is 64.5 Å². The van der Waals surface area contributed by atoms with Crippen LogP contribution in [0.15, 0.2) is 36.4 Å². The van der Waals surface area contributed by atoms with Gasteiger partial charge in [0.05, 0.1) is 6.61 Å². The molecule has 42 heavy (non-hydrogen) atoms. The van der Waals surface area contributed by atoms with Gasteiger partial charge in [0.15, 0.2) is 0 Å². The van der Waals surface area contributed by atoms with Crippen molar-refractivity contribution in [3.8, 4) is 0 Å². The maximum absolute atomic E-state index is 15.2. The third-order valence-corrected chi connectivity index (χ3v) is 8.38. The Hall–Kier alpha value is -3.04. The number of nitrogens with one attached hydrogen (secondary N) is 2. The normalized spacial score (nSPS) is 12.7. The summed E-state index contributed by atoms with van der Waals surface area (Å²) >= 11 is 0. The third kappa shape index (κ3) is 8.74. The van der Waals surface area contributed by atoms with E-state index in [0.717, 1.165) is 35.2 Å². The molecule has 8 nitrogen and oxygen atoms in total. The number of halogens is 1. The van der Waals surface area contributed by atoms with E-state index in [9.17, 15) is 19.5 Å². The Morgan fingerprint density at radius 2 is 1.81 bits per heavy atom. The van der Waals surface area contributed by atoms with Crippen LogP contribution in [0.2, 0.25) is 10.4 Å². The first kappa shape index (κ1) is 35.2. The molecule has 2 aromatic rings. The summed E-state index contributed by atoms with van der Waals surface area (Å²) in [5, 5.41) is 13.6. The second-order valence-electron chi connectivity index (χ2n) is 12.6. The summed E-state index contributed by atoms with van der Waals surface area (Å²) in [4.78, 5) is 41.1.